The van der Waals surface area contributed by atoms with E-state index >= 15 is 0 Å². The van der Waals surface area contributed by atoms with E-state index in [2.05, 4.69) is 550 Å². The second kappa shape index (κ2) is 34.7. The van der Waals surface area contributed by atoms with Crippen molar-refractivity contribution in [2.24, 2.45) is 0 Å². The molecule has 596 valence electrons. The molecule has 2 heterocycles. The van der Waals surface area contributed by atoms with Crippen LogP contribution in [0.2, 0.25) is 0 Å². The third-order valence-corrected chi connectivity index (χ3v) is 24.0. The molecule has 0 aliphatic carbocycles. The minimum Gasteiger partial charge on any atom is -0.311 e. The Morgan fingerprint density at radius 2 is 0.270 bits per heavy atom. The van der Waals surface area contributed by atoms with Crippen LogP contribution in [0.4, 0.5) is 68.2 Å². The number of hydrogen-bond acceptors (Lipinski definition) is 4. The molecular weight excluding hydrogens is 1530 g/mol. The van der Waals surface area contributed by atoms with Crippen molar-refractivity contribution in [3.8, 4) is 78.1 Å². The molecule has 0 aliphatic heterocycles. The van der Waals surface area contributed by atoms with Crippen molar-refractivity contribution in [3.63, 3.8) is 0 Å². The smallest absolute Gasteiger partial charge is 0.0542 e. The van der Waals surface area contributed by atoms with Crippen molar-refractivity contribution in [1.82, 2.24) is 9.13 Å². The Morgan fingerprint density at radius 1 is 0.111 bits per heavy atom. The van der Waals surface area contributed by atoms with E-state index in [1.807, 2.05) is 0 Å². The minimum absolute atomic E-state index is 1.09. The first kappa shape index (κ1) is 76.6. The zero-order chi connectivity index (χ0) is 83.9. The summed E-state index contributed by atoms with van der Waals surface area (Å²) in [6.07, 6.45) is 0. The Hall–Kier alpha value is -16.8. The van der Waals surface area contributed by atoms with E-state index in [1.165, 1.54) is 88.1 Å². The number of para-hydroxylation sites is 6. The molecule has 6 nitrogen and oxygen atoms in total. The van der Waals surface area contributed by atoms with Crippen LogP contribution >= 0.6 is 0 Å². The molecule has 0 fully saturated rings. The molecule has 2 aromatic heterocycles. The molecule has 0 saturated heterocycles. The first-order valence-electron chi connectivity index (χ1n) is 43.0. The Balaban J connectivity index is 0.000000154. The molecule has 22 rings (SSSR count). The van der Waals surface area contributed by atoms with Crippen LogP contribution in [-0.2, 0) is 0 Å². The van der Waals surface area contributed by atoms with Crippen molar-refractivity contribution in [2.45, 2.75) is 0 Å². The molecule has 0 amide bonds. The van der Waals surface area contributed by atoms with E-state index in [1.54, 1.807) is 0 Å². The Morgan fingerprint density at radius 3 is 0.500 bits per heavy atom. The van der Waals surface area contributed by atoms with Crippen molar-refractivity contribution in [1.29, 1.82) is 0 Å². The van der Waals surface area contributed by atoms with Crippen LogP contribution in [0, 0.1) is 0 Å². The molecule has 0 saturated carbocycles. The summed E-state index contributed by atoms with van der Waals surface area (Å²) < 4.78 is 4.73. The fraction of sp³-hybridized carbons (Fsp3) is 0. The summed E-state index contributed by atoms with van der Waals surface area (Å²) in [6, 6.07) is 187. The van der Waals surface area contributed by atoms with Crippen LogP contribution in [0.25, 0.3) is 122 Å². The molecule has 0 unspecified atom stereocenters. The summed E-state index contributed by atoms with van der Waals surface area (Å²) in [6.45, 7) is 0. The van der Waals surface area contributed by atoms with Crippen LogP contribution in [0.5, 0.6) is 0 Å². The molecule has 0 bridgehead atoms. The third kappa shape index (κ3) is 15.5. The first-order chi connectivity index (χ1) is 62.5. The van der Waals surface area contributed by atoms with Gasteiger partial charge in [-0.25, -0.2) is 0 Å². The minimum atomic E-state index is 1.09. The van der Waals surface area contributed by atoms with Gasteiger partial charge in [-0.3, -0.25) is 0 Å². The highest BCUT2D eigenvalue weighted by Crippen LogP contribution is 2.46. The lowest BCUT2D eigenvalue weighted by molar-refractivity contribution is 1.18. The fourth-order valence-corrected chi connectivity index (χ4v) is 17.8. The quantitative estimate of drug-likeness (QED) is 0.0758. The first-order valence-corrected chi connectivity index (χ1v) is 43.0. The van der Waals surface area contributed by atoms with E-state index < -0.39 is 0 Å². The maximum atomic E-state index is 2.37. The van der Waals surface area contributed by atoms with E-state index in [0.717, 1.165) is 102 Å². The van der Waals surface area contributed by atoms with Gasteiger partial charge in [-0.15, -0.1) is 0 Å². The lowest BCUT2D eigenvalue weighted by Gasteiger charge is -2.27. The lowest BCUT2D eigenvalue weighted by atomic mass is 10.0. The summed E-state index contributed by atoms with van der Waals surface area (Å²) in [4.78, 5) is 9.38. The highest BCUT2D eigenvalue weighted by molar-refractivity contribution is 6.12. The van der Waals surface area contributed by atoms with Gasteiger partial charge in [0.1, 0.15) is 0 Å². The average molecular weight is 1610 g/mol. The molecule has 0 spiro atoms. The van der Waals surface area contributed by atoms with Gasteiger partial charge in [0, 0.05) is 101 Å². The van der Waals surface area contributed by atoms with Crippen molar-refractivity contribution < 1.29 is 0 Å². The predicted molar refractivity (Wildman–Crippen MR) is 533 cm³/mol. The van der Waals surface area contributed by atoms with Gasteiger partial charge in [-0.1, -0.05) is 328 Å². The lowest BCUT2D eigenvalue weighted by Crippen LogP contribution is -2.10. The highest BCUT2D eigenvalue weighted by atomic mass is 15.2. The van der Waals surface area contributed by atoms with Crippen molar-refractivity contribution >= 4 is 112 Å². The Bertz CT molecular complexity index is 6830. The summed E-state index contributed by atoms with van der Waals surface area (Å²) >= 11 is 0. The zero-order valence-electron chi connectivity index (χ0n) is 69.3. The molecule has 6 heteroatoms. The zero-order valence-corrected chi connectivity index (χ0v) is 69.3. The van der Waals surface area contributed by atoms with Crippen LogP contribution in [0.15, 0.2) is 522 Å². The van der Waals surface area contributed by atoms with E-state index in [0.29, 0.717) is 0 Å². The second-order valence-corrected chi connectivity index (χ2v) is 31.6. The highest BCUT2D eigenvalue weighted by Gasteiger charge is 2.23. The van der Waals surface area contributed by atoms with E-state index in [4.69, 9.17) is 0 Å². The summed E-state index contributed by atoms with van der Waals surface area (Å²) in [7, 11) is 0. The normalized spacial score (nSPS) is 11.2. The van der Waals surface area contributed by atoms with E-state index in [-0.39, 0.29) is 0 Å². The average Bonchev–Trinajstić information content (AvgIpc) is 1.59. The van der Waals surface area contributed by atoms with Crippen molar-refractivity contribution in [3.05, 3.63) is 522 Å². The van der Waals surface area contributed by atoms with Gasteiger partial charge in [-0.2, -0.15) is 0 Å². The maximum Gasteiger partial charge on any atom is 0.0542 e. The molecular formula is C120H86N6. The summed E-state index contributed by atoms with van der Waals surface area (Å²) in [5.74, 6) is 0. The molecule has 0 atom stereocenters. The largest absolute Gasteiger partial charge is 0.311 e. The number of rotatable bonds is 20. The van der Waals surface area contributed by atoms with Gasteiger partial charge in [0.2, 0.25) is 0 Å². The Kier molecular flexibility index (Phi) is 21.1. The molecule has 126 heavy (non-hydrogen) atoms. The summed E-state index contributed by atoms with van der Waals surface area (Å²) in [5.41, 5.74) is 34.5. The van der Waals surface area contributed by atoms with Crippen LogP contribution in [0.1, 0.15) is 0 Å². The predicted octanol–water partition coefficient (Wildman–Crippen LogP) is 33.4. The van der Waals surface area contributed by atoms with Crippen molar-refractivity contribution in [2.75, 3.05) is 19.6 Å². The summed E-state index contributed by atoms with van der Waals surface area (Å²) in [5, 5.41) is 4.91. The van der Waals surface area contributed by atoms with Crippen LogP contribution in [-0.4, -0.2) is 9.13 Å². The molecule has 0 N–H and O–H groups in total. The van der Waals surface area contributed by atoms with Crippen LogP contribution < -0.4 is 19.6 Å². The van der Waals surface area contributed by atoms with E-state index in [9.17, 15) is 0 Å². The molecule has 22 aromatic rings. The number of nitrogens with zero attached hydrogens (tertiary/aromatic N) is 6. The van der Waals surface area contributed by atoms with Gasteiger partial charge in [0.05, 0.1) is 22.1 Å². The van der Waals surface area contributed by atoms with Gasteiger partial charge < -0.3 is 28.7 Å². The standard InChI is InChI=1S/C60H42N4.C60H44N2/c1-5-17-45(18-6-1)61(51-37-39-59-55(41-51)53-25-13-15-27-57(53)63(59)47-21-9-3-10-22-47)49-33-29-43(30-34-49)44-31-35-50(36-32-44)62(46-19-7-2-8-20-46)52-38-40-60-56(42-52)54-26-14-16-28-58(54)64(60)48-23-11-4-12-24-48;1-5-13-45(14-6-1)49-21-33-55(34-22-49)61(56-35-23-50(24-36-56)46-15-7-2-8-16-46)59-41-29-53(30-42-59)54-31-43-60(44-32-54)62(57-37-25-51(26-38-57)47-17-9-3-10-18-47)58-39-27-52(28-40-58)48-19-11-4-12-20-48/h1-42H;1-44H. The Labute approximate surface area is 735 Å². The fourth-order valence-electron chi connectivity index (χ4n) is 17.8. The SMILES string of the molecule is c1ccc(-c2ccc(N(c3ccc(-c4ccccc4)cc3)c3ccc(-c4ccc(N(c5ccc(-c6ccccc6)cc5)c5ccc(-c6ccccc6)cc5)cc4)cc3)cc2)cc1.c1ccc(N(c2ccc(-c3ccc(N(c4ccccc4)c4ccc5c(c4)c4ccccc4n5-c4ccccc4)cc3)cc2)c2ccc3c(c2)c2ccccc2n3-c2ccccc2)cc1. The number of benzene rings is 20. The molecule has 0 aliphatic rings. The topological polar surface area (TPSA) is 22.8 Å². The molecule has 20 aromatic carbocycles. The third-order valence-electron chi connectivity index (χ3n) is 24.0. The molecule has 0 radical (unpaired) electrons. The number of anilines is 12. The van der Waals surface area contributed by atoms with Crippen LogP contribution in [0.3, 0.4) is 0 Å². The number of fused-ring (bicyclic) bond motifs is 6. The van der Waals surface area contributed by atoms with Gasteiger partial charge in [-0.05, 0) is 261 Å². The maximum absolute atomic E-state index is 2.37. The number of hydrogen-bond donors (Lipinski definition) is 0. The van der Waals surface area contributed by atoms with Gasteiger partial charge >= 0.3 is 0 Å². The number of aromatic nitrogens is 2. The van der Waals surface area contributed by atoms with Gasteiger partial charge in [0.15, 0.2) is 0 Å². The second-order valence-electron chi connectivity index (χ2n) is 31.6. The van der Waals surface area contributed by atoms with Gasteiger partial charge in [0.25, 0.3) is 0 Å². The monoisotopic (exact) mass is 1610 g/mol.